The molecular weight excluding hydrogens is 216 g/mol. The van der Waals surface area contributed by atoms with Crippen LogP contribution in [0.3, 0.4) is 0 Å². The zero-order valence-corrected chi connectivity index (χ0v) is 12.4. The van der Waals surface area contributed by atoms with Crippen LogP contribution in [0.15, 0.2) is 12.2 Å². The second kappa shape index (κ2) is 4.11. The van der Waals surface area contributed by atoms with Crippen LogP contribution < -0.4 is 0 Å². The summed E-state index contributed by atoms with van der Waals surface area (Å²) < 4.78 is 6.35. The number of carbonyl (C=O) groups excluding carboxylic acids is 1. The molecule has 0 saturated heterocycles. The van der Waals surface area contributed by atoms with E-state index in [2.05, 4.69) is 33.9 Å². The standard InChI is InChI=1S/C13H24O2Si/c1-11(14)7-8-13(9-10-13)15-16(5,6)12(2,3)4/h7-8H,9-10H2,1-6H3. The Morgan fingerprint density at radius 2 is 1.81 bits per heavy atom. The molecular formula is C13H24O2Si. The molecule has 1 aliphatic rings. The molecule has 1 rings (SSSR count). The summed E-state index contributed by atoms with van der Waals surface area (Å²) in [6.45, 7) is 12.8. The average molecular weight is 240 g/mol. The van der Waals surface area contributed by atoms with Gasteiger partial charge in [-0.2, -0.15) is 0 Å². The molecule has 0 heterocycles. The molecule has 0 aromatic rings. The van der Waals surface area contributed by atoms with Gasteiger partial charge in [0.15, 0.2) is 14.1 Å². The third-order valence-corrected chi connectivity index (χ3v) is 8.16. The fourth-order valence-electron chi connectivity index (χ4n) is 1.36. The zero-order chi connectivity index (χ0) is 12.6. The maximum atomic E-state index is 10.9. The third-order valence-electron chi connectivity index (χ3n) is 3.63. The van der Waals surface area contributed by atoms with Gasteiger partial charge in [0.25, 0.3) is 0 Å². The van der Waals surface area contributed by atoms with E-state index >= 15 is 0 Å². The minimum Gasteiger partial charge on any atom is -0.408 e. The van der Waals surface area contributed by atoms with E-state index in [1.807, 2.05) is 6.08 Å². The minimum absolute atomic E-state index is 0.102. The van der Waals surface area contributed by atoms with Gasteiger partial charge in [0.05, 0.1) is 5.60 Å². The Morgan fingerprint density at radius 3 is 2.12 bits per heavy atom. The van der Waals surface area contributed by atoms with Gasteiger partial charge in [0.1, 0.15) is 0 Å². The number of carbonyl (C=O) groups is 1. The lowest BCUT2D eigenvalue weighted by atomic mass is 10.2. The van der Waals surface area contributed by atoms with E-state index in [1.165, 1.54) is 0 Å². The first kappa shape index (κ1) is 13.7. The fraction of sp³-hybridized carbons (Fsp3) is 0.769. The maximum Gasteiger partial charge on any atom is 0.193 e. The highest BCUT2D eigenvalue weighted by Gasteiger charge is 2.49. The summed E-state index contributed by atoms with van der Waals surface area (Å²) in [5.41, 5.74) is -0.116. The fourth-order valence-corrected chi connectivity index (χ4v) is 2.95. The van der Waals surface area contributed by atoms with Gasteiger partial charge >= 0.3 is 0 Å². The van der Waals surface area contributed by atoms with E-state index in [-0.39, 0.29) is 16.4 Å². The Hall–Kier alpha value is -0.413. The summed E-state index contributed by atoms with van der Waals surface area (Å²) in [6, 6.07) is 0. The predicted octanol–water partition coefficient (Wildman–Crippen LogP) is 3.69. The molecule has 2 nitrogen and oxygen atoms in total. The maximum absolute atomic E-state index is 10.9. The van der Waals surface area contributed by atoms with Crippen molar-refractivity contribution in [3.8, 4) is 0 Å². The van der Waals surface area contributed by atoms with E-state index in [0.29, 0.717) is 0 Å². The summed E-state index contributed by atoms with van der Waals surface area (Å²) in [5, 5.41) is 0.229. The molecule has 0 spiro atoms. The SMILES string of the molecule is CC(=O)C=CC1(O[Si](C)(C)C(C)(C)C)CC1. The predicted molar refractivity (Wildman–Crippen MR) is 70.1 cm³/mol. The van der Waals surface area contributed by atoms with Gasteiger partial charge in [-0.25, -0.2) is 0 Å². The summed E-state index contributed by atoms with van der Waals surface area (Å²) >= 11 is 0. The highest BCUT2D eigenvalue weighted by Crippen LogP contribution is 2.48. The zero-order valence-electron chi connectivity index (χ0n) is 11.4. The van der Waals surface area contributed by atoms with Crippen LogP contribution in [0.2, 0.25) is 18.1 Å². The minimum atomic E-state index is -1.71. The smallest absolute Gasteiger partial charge is 0.193 e. The van der Waals surface area contributed by atoms with E-state index in [4.69, 9.17) is 4.43 Å². The molecule has 0 N–H and O–H groups in total. The Kier molecular flexibility index (Phi) is 3.51. The molecule has 0 bridgehead atoms. The molecule has 1 fully saturated rings. The first-order valence-electron chi connectivity index (χ1n) is 5.98. The molecule has 0 aromatic carbocycles. The summed E-state index contributed by atoms with van der Waals surface area (Å²) in [4.78, 5) is 10.9. The van der Waals surface area contributed by atoms with E-state index in [0.717, 1.165) is 12.8 Å². The van der Waals surface area contributed by atoms with Gasteiger partial charge in [-0.1, -0.05) is 26.8 Å². The van der Waals surface area contributed by atoms with Crippen LogP contribution in [0.5, 0.6) is 0 Å². The molecule has 0 unspecified atom stereocenters. The lowest BCUT2D eigenvalue weighted by Gasteiger charge is -2.38. The van der Waals surface area contributed by atoms with Crippen molar-refractivity contribution in [2.24, 2.45) is 0 Å². The van der Waals surface area contributed by atoms with Gasteiger partial charge in [-0.15, -0.1) is 0 Å². The van der Waals surface area contributed by atoms with Crippen molar-refractivity contribution in [3.63, 3.8) is 0 Å². The van der Waals surface area contributed by atoms with Crippen LogP contribution in [0, 0.1) is 0 Å². The van der Waals surface area contributed by atoms with Gasteiger partial charge in [-0.3, -0.25) is 4.79 Å². The Labute approximate surface area is 100 Å². The van der Waals surface area contributed by atoms with Crippen molar-refractivity contribution in [2.75, 3.05) is 0 Å². The Bertz CT molecular complexity index is 306. The van der Waals surface area contributed by atoms with Crippen molar-refractivity contribution in [1.82, 2.24) is 0 Å². The van der Waals surface area contributed by atoms with Gasteiger partial charge in [-0.05, 0) is 44.0 Å². The molecule has 92 valence electrons. The normalized spacial score (nSPS) is 20.1. The van der Waals surface area contributed by atoms with Crippen molar-refractivity contribution in [2.45, 2.75) is 64.3 Å². The van der Waals surface area contributed by atoms with Crippen LogP contribution in [-0.4, -0.2) is 19.7 Å². The molecule has 3 heteroatoms. The van der Waals surface area contributed by atoms with E-state index < -0.39 is 8.32 Å². The van der Waals surface area contributed by atoms with Crippen molar-refractivity contribution in [3.05, 3.63) is 12.2 Å². The number of hydrogen-bond acceptors (Lipinski definition) is 2. The number of allylic oxidation sites excluding steroid dienone is 1. The lowest BCUT2D eigenvalue weighted by molar-refractivity contribution is -0.112. The molecule has 16 heavy (non-hydrogen) atoms. The van der Waals surface area contributed by atoms with Crippen LogP contribution in [0.1, 0.15) is 40.5 Å². The van der Waals surface area contributed by atoms with Gasteiger partial charge < -0.3 is 4.43 Å². The number of rotatable bonds is 4. The van der Waals surface area contributed by atoms with Gasteiger partial charge in [0, 0.05) is 0 Å². The summed E-state index contributed by atoms with van der Waals surface area (Å²) in [6.07, 6.45) is 5.74. The van der Waals surface area contributed by atoms with Crippen LogP contribution in [0.4, 0.5) is 0 Å². The second-order valence-electron chi connectivity index (χ2n) is 6.37. The van der Waals surface area contributed by atoms with Crippen LogP contribution in [-0.2, 0) is 9.22 Å². The molecule has 0 atom stereocenters. The largest absolute Gasteiger partial charge is 0.408 e. The second-order valence-corrected chi connectivity index (χ2v) is 11.1. The topological polar surface area (TPSA) is 26.3 Å². The van der Waals surface area contributed by atoms with Crippen molar-refractivity contribution in [1.29, 1.82) is 0 Å². The highest BCUT2D eigenvalue weighted by atomic mass is 28.4. The van der Waals surface area contributed by atoms with Crippen LogP contribution >= 0.6 is 0 Å². The average Bonchev–Trinajstić information content (AvgIpc) is 2.79. The first-order valence-corrected chi connectivity index (χ1v) is 8.89. The Balaban J connectivity index is 2.71. The van der Waals surface area contributed by atoms with E-state index in [9.17, 15) is 4.79 Å². The molecule has 0 aliphatic heterocycles. The van der Waals surface area contributed by atoms with Crippen molar-refractivity contribution >= 4 is 14.1 Å². The van der Waals surface area contributed by atoms with E-state index in [1.54, 1.807) is 13.0 Å². The first-order chi connectivity index (χ1) is 7.08. The summed E-state index contributed by atoms with van der Waals surface area (Å²) in [5.74, 6) is 0.102. The summed E-state index contributed by atoms with van der Waals surface area (Å²) in [7, 11) is -1.71. The van der Waals surface area contributed by atoms with Gasteiger partial charge in [0.2, 0.25) is 0 Å². The van der Waals surface area contributed by atoms with Crippen molar-refractivity contribution < 1.29 is 9.22 Å². The third kappa shape index (κ3) is 3.29. The number of ketones is 1. The monoisotopic (exact) mass is 240 g/mol. The quantitative estimate of drug-likeness (QED) is 0.553. The number of hydrogen-bond donors (Lipinski definition) is 0. The highest BCUT2D eigenvalue weighted by molar-refractivity contribution is 6.74. The van der Waals surface area contributed by atoms with Crippen LogP contribution in [0.25, 0.3) is 0 Å². The molecule has 1 aliphatic carbocycles. The molecule has 1 saturated carbocycles. The molecule has 0 radical (unpaired) electrons. The molecule has 0 aromatic heterocycles. The lowest BCUT2D eigenvalue weighted by Crippen LogP contribution is -2.44. The molecule has 0 amide bonds. The Morgan fingerprint density at radius 1 is 1.31 bits per heavy atom.